The second-order valence-corrected chi connectivity index (χ2v) is 5.44. The summed E-state index contributed by atoms with van der Waals surface area (Å²) in [5, 5.41) is 0. The van der Waals surface area contributed by atoms with Gasteiger partial charge in [-0.25, -0.2) is 0 Å². The van der Waals surface area contributed by atoms with Crippen molar-refractivity contribution in [2.45, 2.75) is 17.7 Å². The number of hydrogen-bond acceptors (Lipinski definition) is 5. The van der Waals surface area contributed by atoms with Crippen LogP contribution in [0.3, 0.4) is 0 Å². The van der Waals surface area contributed by atoms with Crippen LogP contribution in [0.15, 0.2) is 23.1 Å². The number of methoxy groups -OCH3 is 1. The molecule has 0 aliphatic carbocycles. The molecule has 1 aromatic carbocycles. The van der Waals surface area contributed by atoms with Crippen molar-refractivity contribution in [3.8, 4) is 0 Å². The van der Waals surface area contributed by atoms with Crippen molar-refractivity contribution in [2.24, 2.45) is 0 Å². The third kappa shape index (κ3) is 3.01. The van der Waals surface area contributed by atoms with Gasteiger partial charge in [-0.05, 0) is 12.1 Å². The minimum atomic E-state index is -0.404. The molecule has 6 heteroatoms. The maximum absolute atomic E-state index is 12.0. The second-order valence-electron chi connectivity index (χ2n) is 4.42. The number of esters is 1. The maximum Gasteiger partial charge on any atom is 0.305 e. The van der Waals surface area contributed by atoms with Gasteiger partial charge >= 0.3 is 5.97 Å². The highest BCUT2D eigenvalue weighted by atomic mass is 32.2. The number of ether oxygens (including phenoxy) is 1. The van der Waals surface area contributed by atoms with Crippen molar-refractivity contribution in [1.82, 2.24) is 0 Å². The fourth-order valence-corrected chi connectivity index (χ4v) is 2.89. The van der Waals surface area contributed by atoms with Crippen molar-refractivity contribution >= 4 is 35.1 Å². The van der Waals surface area contributed by atoms with Crippen LogP contribution in [0.1, 0.15) is 23.2 Å². The number of benzene rings is 1. The zero-order valence-corrected chi connectivity index (χ0v) is 12.2. The lowest BCUT2D eigenvalue weighted by molar-refractivity contribution is -0.140. The molecule has 0 atom stereocenters. The molecule has 20 heavy (non-hydrogen) atoms. The van der Waals surface area contributed by atoms with Gasteiger partial charge in [0.1, 0.15) is 0 Å². The Morgan fingerprint density at radius 3 is 2.80 bits per heavy atom. The van der Waals surface area contributed by atoms with Gasteiger partial charge in [0.05, 0.1) is 25.0 Å². The fourth-order valence-electron chi connectivity index (χ4n) is 1.91. The number of thioether (sulfide) groups is 1. The highest BCUT2D eigenvalue weighted by Gasteiger charge is 2.22. The zero-order chi connectivity index (χ0) is 14.7. The molecule has 0 unspecified atom stereocenters. The Hall–Kier alpha value is -1.82. The topological polar surface area (TPSA) is 63.7 Å². The molecular formula is C14H15NO4S. The minimum absolute atomic E-state index is 0.0154. The van der Waals surface area contributed by atoms with E-state index in [-0.39, 0.29) is 24.5 Å². The van der Waals surface area contributed by atoms with E-state index in [1.165, 1.54) is 18.9 Å². The van der Waals surface area contributed by atoms with Gasteiger partial charge in [-0.2, -0.15) is 0 Å². The number of hydrogen-bond donors (Lipinski definition) is 0. The summed E-state index contributed by atoms with van der Waals surface area (Å²) in [7, 11) is 2.99. The van der Waals surface area contributed by atoms with Crippen LogP contribution in [0.2, 0.25) is 0 Å². The molecule has 0 N–H and O–H groups in total. The summed E-state index contributed by atoms with van der Waals surface area (Å²) in [6, 6.07) is 5.28. The predicted molar refractivity (Wildman–Crippen MR) is 76.2 cm³/mol. The van der Waals surface area contributed by atoms with Gasteiger partial charge < -0.3 is 9.64 Å². The number of fused-ring (bicyclic) bond motifs is 1. The molecule has 1 aliphatic rings. The summed E-state index contributed by atoms with van der Waals surface area (Å²) in [6.07, 6.45) is 0.173. The Morgan fingerprint density at radius 2 is 2.10 bits per heavy atom. The molecule has 1 aromatic rings. The van der Waals surface area contributed by atoms with Gasteiger partial charge in [0.2, 0.25) is 5.91 Å². The molecule has 106 valence electrons. The van der Waals surface area contributed by atoms with Gasteiger partial charge in [-0.15, -0.1) is 11.8 Å². The Bertz CT molecular complexity index is 570. The predicted octanol–water partition coefficient (Wildman–Crippen LogP) is 1.89. The SMILES string of the molecule is COC(=O)CCC(=O)c1ccc2c(c1)N(C)C(=O)CS2. The van der Waals surface area contributed by atoms with E-state index in [4.69, 9.17) is 0 Å². The lowest BCUT2D eigenvalue weighted by Crippen LogP contribution is -2.31. The highest BCUT2D eigenvalue weighted by Crippen LogP contribution is 2.35. The van der Waals surface area contributed by atoms with Crippen molar-refractivity contribution in [3.05, 3.63) is 23.8 Å². The molecule has 0 fully saturated rings. The van der Waals surface area contributed by atoms with Crippen molar-refractivity contribution in [2.75, 3.05) is 24.8 Å². The normalized spacial score (nSPS) is 13.9. The number of ketones is 1. The smallest absolute Gasteiger partial charge is 0.305 e. The van der Waals surface area contributed by atoms with Crippen molar-refractivity contribution < 1.29 is 19.1 Å². The molecule has 0 radical (unpaired) electrons. The molecule has 2 rings (SSSR count). The van der Waals surface area contributed by atoms with Gasteiger partial charge in [0.15, 0.2) is 5.78 Å². The zero-order valence-electron chi connectivity index (χ0n) is 11.3. The lowest BCUT2D eigenvalue weighted by Gasteiger charge is -2.25. The fraction of sp³-hybridized carbons (Fsp3) is 0.357. The standard InChI is InChI=1S/C14H15NO4S/c1-15-10-7-9(11(16)4-6-14(18)19-2)3-5-12(10)20-8-13(15)17/h3,5,7H,4,6,8H2,1-2H3. The third-order valence-corrected chi connectivity index (χ3v) is 4.20. The maximum atomic E-state index is 12.0. The summed E-state index contributed by atoms with van der Waals surface area (Å²) in [6.45, 7) is 0. The van der Waals surface area contributed by atoms with Crippen molar-refractivity contribution in [1.29, 1.82) is 0 Å². The van der Waals surface area contributed by atoms with E-state index in [9.17, 15) is 14.4 Å². The molecule has 1 heterocycles. The molecule has 0 saturated carbocycles. The Balaban J connectivity index is 2.16. The van der Waals surface area contributed by atoms with Crippen LogP contribution in [0.5, 0.6) is 0 Å². The second kappa shape index (κ2) is 6.09. The Labute approximate surface area is 121 Å². The van der Waals surface area contributed by atoms with Crippen LogP contribution in [0, 0.1) is 0 Å². The minimum Gasteiger partial charge on any atom is -0.469 e. The lowest BCUT2D eigenvalue weighted by atomic mass is 10.1. The molecule has 0 spiro atoms. The van der Waals surface area contributed by atoms with Gasteiger partial charge in [0, 0.05) is 23.9 Å². The molecule has 0 bridgehead atoms. The number of Topliss-reactive ketones (excluding diaryl/α,β-unsaturated/α-hetero) is 1. The molecule has 0 aromatic heterocycles. The Kier molecular flexibility index (Phi) is 4.44. The average molecular weight is 293 g/mol. The number of nitrogens with zero attached hydrogens (tertiary/aromatic N) is 1. The van der Waals surface area contributed by atoms with E-state index < -0.39 is 5.97 Å². The van der Waals surface area contributed by atoms with Crippen LogP contribution in [0.4, 0.5) is 5.69 Å². The monoisotopic (exact) mass is 293 g/mol. The first-order valence-electron chi connectivity index (χ1n) is 6.16. The first-order valence-corrected chi connectivity index (χ1v) is 7.15. The number of amides is 1. The van der Waals surface area contributed by atoms with E-state index in [1.807, 2.05) is 6.07 Å². The molecular weight excluding hydrogens is 278 g/mol. The number of rotatable bonds is 4. The Morgan fingerprint density at radius 1 is 1.35 bits per heavy atom. The number of anilines is 1. The molecule has 1 amide bonds. The highest BCUT2D eigenvalue weighted by molar-refractivity contribution is 8.00. The van der Waals surface area contributed by atoms with Crippen molar-refractivity contribution in [3.63, 3.8) is 0 Å². The van der Waals surface area contributed by atoms with Crippen LogP contribution < -0.4 is 4.90 Å². The molecule has 1 aliphatic heterocycles. The van der Waals surface area contributed by atoms with Crippen LogP contribution in [0.25, 0.3) is 0 Å². The first kappa shape index (κ1) is 14.6. The van der Waals surface area contributed by atoms with Crippen LogP contribution in [-0.2, 0) is 14.3 Å². The van der Waals surface area contributed by atoms with E-state index >= 15 is 0 Å². The van der Waals surface area contributed by atoms with Crippen LogP contribution in [-0.4, -0.2) is 37.6 Å². The van der Waals surface area contributed by atoms with Crippen LogP contribution >= 0.6 is 11.8 Å². The van der Waals surface area contributed by atoms with Gasteiger partial charge in [-0.3, -0.25) is 14.4 Å². The number of carbonyl (C=O) groups excluding carboxylic acids is 3. The first-order chi connectivity index (χ1) is 9.52. The summed E-state index contributed by atoms with van der Waals surface area (Å²) < 4.78 is 4.51. The molecule has 5 nitrogen and oxygen atoms in total. The van der Waals surface area contributed by atoms with E-state index in [2.05, 4.69) is 4.74 Å². The van der Waals surface area contributed by atoms with E-state index in [1.54, 1.807) is 24.1 Å². The van der Waals surface area contributed by atoms with Gasteiger partial charge in [-0.1, -0.05) is 6.07 Å². The summed E-state index contributed by atoms with van der Waals surface area (Å²) in [5.41, 5.74) is 1.25. The largest absolute Gasteiger partial charge is 0.469 e. The van der Waals surface area contributed by atoms with Gasteiger partial charge in [0.25, 0.3) is 0 Å². The summed E-state index contributed by atoms with van der Waals surface area (Å²) in [4.78, 5) is 37.3. The summed E-state index contributed by atoms with van der Waals surface area (Å²) >= 11 is 1.47. The van der Waals surface area contributed by atoms with E-state index in [0.717, 1.165) is 10.6 Å². The van der Waals surface area contributed by atoms with E-state index in [0.29, 0.717) is 11.3 Å². The average Bonchev–Trinajstić information content (AvgIpc) is 2.48. The summed E-state index contributed by atoms with van der Waals surface area (Å²) in [5.74, 6) is -0.102. The third-order valence-electron chi connectivity index (χ3n) is 3.15. The number of carbonyl (C=O) groups is 3. The molecule has 0 saturated heterocycles. The quantitative estimate of drug-likeness (QED) is 0.626.